The summed E-state index contributed by atoms with van der Waals surface area (Å²) in [4.78, 5) is 15.8. The fourth-order valence-corrected chi connectivity index (χ4v) is 7.37. The van der Waals surface area contributed by atoms with Gasteiger partial charge in [-0.1, -0.05) is 133 Å². The second kappa shape index (κ2) is 11.5. The number of rotatable bonds is 4. The molecule has 3 aromatic heterocycles. The molecule has 232 valence electrons. The fourth-order valence-electron chi connectivity index (χ4n) is 7.37. The van der Waals surface area contributed by atoms with Gasteiger partial charge in [-0.05, 0) is 69.4 Å². The van der Waals surface area contributed by atoms with Gasteiger partial charge < -0.3 is 0 Å². The summed E-state index contributed by atoms with van der Waals surface area (Å²) >= 11 is 0. The molecule has 0 N–H and O–H groups in total. The maximum atomic E-state index is 5.34. The van der Waals surface area contributed by atoms with E-state index in [1.807, 2.05) is 6.20 Å². The Hall–Kier alpha value is -6.71. The van der Waals surface area contributed by atoms with E-state index in [-0.39, 0.29) is 0 Å². The van der Waals surface area contributed by atoms with Crippen LogP contribution in [0, 0.1) is 0 Å². The van der Waals surface area contributed by atoms with Crippen molar-refractivity contribution in [1.29, 1.82) is 0 Å². The maximum absolute atomic E-state index is 5.34. The molecule has 0 radical (unpaired) electrons. The van der Waals surface area contributed by atoms with E-state index >= 15 is 0 Å². The van der Waals surface area contributed by atoms with E-state index in [2.05, 4.69) is 170 Å². The van der Waals surface area contributed by atoms with Crippen LogP contribution >= 0.6 is 0 Å². The quantitative estimate of drug-likeness (QED) is 0.181. The molecule has 0 spiro atoms. The summed E-state index contributed by atoms with van der Waals surface area (Å²) in [6.45, 7) is 0. The number of benzene rings is 7. The fraction of sp³-hybridized carbons (Fsp3) is 0. The Labute approximate surface area is 289 Å². The molecular weight excluding hydrogens is 607 g/mol. The molecular formula is C47H29N3. The molecule has 0 aliphatic carbocycles. The van der Waals surface area contributed by atoms with Crippen molar-refractivity contribution in [3.63, 3.8) is 0 Å². The standard InChI is InChI=1S/C47H29N3/c1-3-11-30(12-4-1)36-26-37(31-13-5-2-6-14-31)28-38(27-36)45-41-29-48-47-40(44(41)39-17-9-10-18-43(39)50-45)23-21-33-22-24-42(49-46(33)47)35-20-19-32-15-7-8-16-34(32)25-35/h1-29H. The topological polar surface area (TPSA) is 38.7 Å². The lowest BCUT2D eigenvalue weighted by molar-refractivity contribution is 1.37. The molecule has 50 heavy (non-hydrogen) atoms. The third-order valence-electron chi connectivity index (χ3n) is 9.82. The molecule has 0 aliphatic heterocycles. The summed E-state index contributed by atoms with van der Waals surface area (Å²) in [5.41, 5.74) is 11.4. The first kappa shape index (κ1) is 28.3. The van der Waals surface area contributed by atoms with Gasteiger partial charge in [-0.15, -0.1) is 0 Å². The molecule has 0 unspecified atom stereocenters. The molecule has 0 saturated carbocycles. The third kappa shape index (κ3) is 4.71. The van der Waals surface area contributed by atoms with Crippen LogP contribution < -0.4 is 0 Å². The van der Waals surface area contributed by atoms with Crippen LogP contribution in [0.5, 0.6) is 0 Å². The summed E-state index contributed by atoms with van der Waals surface area (Å²) < 4.78 is 0. The van der Waals surface area contributed by atoms with Crippen LogP contribution in [0.1, 0.15) is 0 Å². The lowest BCUT2D eigenvalue weighted by Crippen LogP contribution is -1.95. The predicted molar refractivity (Wildman–Crippen MR) is 209 cm³/mol. The van der Waals surface area contributed by atoms with Crippen LogP contribution in [0.25, 0.3) is 99.0 Å². The number of aromatic nitrogens is 3. The second-order valence-corrected chi connectivity index (χ2v) is 12.8. The highest BCUT2D eigenvalue weighted by Gasteiger charge is 2.18. The lowest BCUT2D eigenvalue weighted by atomic mass is 9.92. The molecule has 3 heterocycles. The molecule has 0 saturated heterocycles. The minimum absolute atomic E-state index is 0.892. The van der Waals surface area contributed by atoms with E-state index < -0.39 is 0 Å². The molecule has 0 atom stereocenters. The van der Waals surface area contributed by atoms with Gasteiger partial charge in [0.1, 0.15) is 0 Å². The van der Waals surface area contributed by atoms with Gasteiger partial charge in [0, 0.05) is 44.3 Å². The highest BCUT2D eigenvalue weighted by molar-refractivity contribution is 6.24. The largest absolute Gasteiger partial charge is 0.253 e. The molecule has 10 rings (SSSR count). The molecule has 0 fully saturated rings. The van der Waals surface area contributed by atoms with Crippen molar-refractivity contribution in [1.82, 2.24) is 15.0 Å². The first-order valence-electron chi connectivity index (χ1n) is 16.9. The van der Waals surface area contributed by atoms with Crippen LogP contribution in [0.15, 0.2) is 176 Å². The molecule has 10 aromatic rings. The molecule has 0 aliphatic rings. The number of fused-ring (bicyclic) bond motifs is 8. The van der Waals surface area contributed by atoms with Gasteiger partial charge in [0.05, 0.1) is 27.9 Å². The van der Waals surface area contributed by atoms with E-state index in [0.717, 1.165) is 77.1 Å². The summed E-state index contributed by atoms with van der Waals surface area (Å²) in [5.74, 6) is 0. The number of hydrogen-bond acceptors (Lipinski definition) is 3. The molecule has 0 amide bonds. The first-order chi connectivity index (χ1) is 24.8. The highest BCUT2D eigenvalue weighted by atomic mass is 14.8. The molecule has 0 bridgehead atoms. The molecule has 7 aromatic carbocycles. The minimum Gasteiger partial charge on any atom is -0.253 e. The highest BCUT2D eigenvalue weighted by Crippen LogP contribution is 2.40. The van der Waals surface area contributed by atoms with E-state index in [1.54, 1.807) is 0 Å². The Morgan fingerprint density at radius 3 is 1.76 bits per heavy atom. The van der Waals surface area contributed by atoms with Gasteiger partial charge in [0.2, 0.25) is 0 Å². The number of para-hydroxylation sites is 1. The molecule has 3 nitrogen and oxygen atoms in total. The Balaban J connectivity index is 1.24. The second-order valence-electron chi connectivity index (χ2n) is 12.8. The summed E-state index contributed by atoms with van der Waals surface area (Å²) in [6.07, 6.45) is 2.01. The lowest BCUT2D eigenvalue weighted by Gasteiger charge is -2.15. The SMILES string of the molecule is c1ccc(-c2cc(-c3ccccc3)cc(-c3nc4ccccc4c4c3cnc3c4ccc4ccc(-c5ccc6ccccc6c5)nc43)c2)cc1. The Morgan fingerprint density at radius 1 is 0.340 bits per heavy atom. The van der Waals surface area contributed by atoms with Crippen molar-refractivity contribution in [2.75, 3.05) is 0 Å². The Bertz CT molecular complexity index is 2860. The van der Waals surface area contributed by atoms with Gasteiger partial charge >= 0.3 is 0 Å². The maximum Gasteiger partial charge on any atom is 0.0972 e. The van der Waals surface area contributed by atoms with E-state index in [4.69, 9.17) is 15.0 Å². The van der Waals surface area contributed by atoms with Crippen molar-refractivity contribution in [2.24, 2.45) is 0 Å². The molecule has 3 heteroatoms. The zero-order chi connectivity index (χ0) is 33.0. The zero-order valence-electron chi connectivity index (χ0n) is 27.1. The van der Waals surface area contributed by atoms with Crippen LogP contribution in [-0.2, 0) is 0 Å². The first-order valence-corrected chi connectivity index (χ1v) is 16.9. The van der Waals surface area contributed by atoms with Crippen LogP contribution in [-0.4, -0.2) is 15.0 Å². The normalized spacial score (nSPS) is 11.6. The van der Waals surface area contributed by atoms with Crippen molar-refractivity contribution < 1.29 is 0 Å². The van der Waals surface area contributed by atoms with Crippen molar-refractivity contribution in [3.05, 3.63) is 176 Å². The van der Waals surface area contributed by atoms with Gasteiger partial charge in [-0.25, -0.2) is 9.97 Å². The van der Waals surface area contributed by atoms with Crippen LogP contribution in [0.2, 0.25) is 0 Å². The average molecular weight is 636 g/mol. The van der Waals surface area contributed by atoms with E-state index in [9.17, 15) is 0 Å². The summed E-state index contributed by atoms with van der Waals surface area (Å²) in [7, 11) is 0. The van der Waals surface area contributed by atoms with Crippen molar-refractivity contribution in [3.8, 4) is 44.8 Å². The van der Waals surface area contributed by atoms with Crippen LogP contribution in [0.3, 0.4) is 0 Å². The third-order valence-corrected chi connectivity index (χ3v) is 9.82. The van der Waals surface area contributed by atoms with Gasteiger partial charge in [0.25, 0.3) is 0 Å². The number of pyridine rings is 3. The minimum atomic E-state index is 0.892. The van der Waals surface area contributed by atoms with Gasteiger partial charge in [-0.2, -0.15) is 0 Å². The predicted octanol–water partition coefficient (Wildman–Crippen LogP) is 12.3. The summed E-state index contributed by atoms with van der Waals surface area (Å²) in [6, 6.07) is 60.0. The van der Waals surface area contributed by atoms with E-state index in [0.29, 0.717) is 0 Å². The van der Waals surface area contributed by atoms with Crippen LogP contribution in [0.4, 0.5) is 0 Å². The van der Waals surface area contributed by atoms with Gasteiger partial charge in [-0.3, -0.25) is 4.98 Å². The Kier molecular flexibility index (Phi) is 6.49. The van der Waals surface area contributed by atoms with E-state index in [1.165, 1.54) is 21.9 Å². The monoisotopic (exact) mass is 635 g/mol. The average Bonchev–Trinajstić information content (AvgIpc) is 3.20. The number of nitrogens with zero attached hydrogens (tertiary/aromatic N) is 3. The van der Waals surface area contributed by atoms with Crippen molar-refractivity contribution in [2.45, 2.75) is 0 Å². The van der Waals surface area contributed by atoms with Gasteiger partial charge in [0.15, 0.2) is 0 Å². The smallest absolute Gasteiger partial charge is 0.0972 e. The van der Waals surface area contributed by atoms with Crippen molar-refractivity contribution >= 4 is 54.3 Å². The summed E-state index contributed by atoms with van der Waals surface area (Å²) in [5, 5.41) is 7.82. The zero-order valence-corrected chi connectivity index (χ0v) is 27.1. The number of hydrogen-bond donors (Lipinski definition) is 0. The Morgan fingerprint density at radius 2 is 0.980 bits per heavy atom.